The van der Waals surface area contributed by atoms with Crippen LogP contribution in [-0.4, -0.2) is 29.3 Å². The zero-order valence-corrected chi connectivity index (χ0v) is 13.6. The summed E-state index contributed by atoms with van der Waals surface area (Å²) >= 11 is 1.92. The van der Waals surface area contributed by atoms with E-state index in [9.17, 15) is 0 Å². The van der Waals surface area contributed by atoms with E-state index in [0.717, 1.165) is 12.1 Å². The molecule has 3 unspecified atom stereocenters. The number of halogens is 1. The Bertz CT molecular complexity index is 561. The van der Waals surface area contributed by atoms with E-state index in [0.29, 0.717) is 16.9 Å². The van der Waals surface area contributed by atoms with Gasteiger partial charge in [-0.15, -0.1) is 24.2 Å². The Kier molecular flexibility index (Phi) is 4.17. The average molecular weight is 310 g/mol. The van der Waals surface area contributed by atoms with Gasteiger partial charge in [0.2, 0.25) is 0 Å². The van der Waals surface area contributed by atoms with Gasteiger partial charge in [-0.25, -0.2) is 0 Å². The van der Waals surface area contributed by atoms with Crippen molar-refractivity contribution in [3.05, 3.63) is 34.9 Å². The van der Waals surface area contributed by atoms with Crippen LogP contribution in [0.25, 0.3) is 0 Å². The zero-order chi connectivity index (χ0) is 13.6. The summed E-state index contributed by atoms with van der Waals surface area (Å²) in [5.41, 5.74) is 2.95. The molecular weight excluding hydrogens is 290 g/mol. The number of likely N-dealkylation sites (N-methyl/N-ethyl adjacent to an activating group) is 1. The van der Waals surface area contributed by atoms with Crippen molar-refractivity contribution in [2.24, 2.45) is 10.9 Å². The summed E-state index contributed by atoms with van der Waals surface area (Å²) in [7, 11) is 1.97. The van der Waals surface area contributed by atoms with Gasteiger partial charge in [0.05, 0.1) is 5.54 Å². The van der Waals surface area contributed by atoms with Gasteiger partial charge < -0.3 is 10.7 Å². The lowest BCUT2D eigenvalue weighted by molar-refractivity contribution is 0.756. The second-order valence-electron chi connectivity index (χ2n) is 5.43. The molecule has 0 amide bonds. The zero-order valence-electron chi connectivity index (χ0n) is 11.9. The normalized spacial score (nSPS) is 34.0. The molecule has 5 heteroatoms. The van der Waals surface area contributed by atoms with Crippen LogP contribution in [0.2, 0.25) is 0 Å². The monoisotopic (exact) mass is 309 g/mol. The third kappa shape index (κ3) is 2.47. The first-order valence-corrected chi connectivity index (χ1v) is 7.54. The van der Waals surface area contributed by atoms with Gasteiger partial charge in [-0.2, -0.15) is 0 Å². The van der Waals surface area contributed by atoms with Crippen LogP contribution in [0.15, 0.2) is 39.9 Å². The first-order chi connectivity index (χ1) is 9.05. The van der Waals surface area contributed by atoms with Crippen LogP contribution in [0, 0.1) is 11.3 Å². The highest BCUT2D eigenvalue weighted by molar-refractivity contribution is 8.04. The third-order valence-electron chi connectivity index (χ3n) is 3.92. The summed E-state index contributed by atoms with van der Waals surface area (Å²) in [6, 6.07) is 0. The summed E-state index contributed by atoms with van der Waals surface area (Å²) in [6.45, 7) is 3.99. The van der Waals surface area contributed by atoms with Crippen LogP contribution in [0.3, 0.4) is 0 Å². The van der Waals surface area contributed by atoms with E-state index in [4.69, 9.17) is 10.4 Å². The Morgan fingerprint density at radius 2 is 2.35 bits per heavy atom. The molecule has 1 fully saturated rings. The van der Waals surface area contributed by atoms with E-state index in [2.05, 4.69) is 24.4 Å². The summed E-state index contributed by atoms with van der Waals surface area (Å²) < 4.78 is 0. The maximum Gasteiger partial charge on any atom is 0.0989 e. The van der Waals surface area contributed by atoms with E-state index in [1.165, 1.54) is 10.6 Å². The van der Waals surface area contributed by atoms with Gasteiger partial charge >= 0.3 is 0 Å². The molecule has 1 spiro atoms. The summed E-state index contributed by atoms with van der Waals surface area (Å²) in [5, 5.41) is 11.1. The lowest BCUT2D eigenvalue weighted by Gasteiger charge is -2.29. The maximum absolute atomic E-state index is 7.49. The number of nitrogens with zero attached hydrogens (tertiary/aromatic N) is 1. The van der Waals surface area contributed by atoms with Gasteiger partial charge in [-0.05, 0) is 38.5 Å². The first-order valence-electron chi connectivity index (χ1n) is 6.66. The molecule has 0 radical (unpaired) electrons. The minimum absolute atomic E-state index is 0. The molecule has 0 saturated heterocycles. The van der Waals surface area contributed by atoms with Crippen molar-refractivity contribution < 1.29 is 0 Å². The standard InChI is InChI=1S/C15H19N3S.ClH/c1-9(16)4-5-13-10(2)19-14-7-12(17-3)6-11-8-15(11,14)18-13;/h4-7,10-11,16-17H,8H2,1-3H3;1H/b5-4-,16-9?;. The number of hydrogen-bond acceptors (Lipinski definition) is 4. The molecule has 20 heavy (non-hydrogen) atoms. The highest BCUT2D eigenvalue weighted by Gasteiger charge is 2.59. The fraction of sp³-hybridized carbons (Fsp3) is 0.467. The van der Waals surface area contributed by atoms with Crippen molar-refractivity contribution >= 4 is 35.6 Å². The Morgan fingerprint density at radius 3 is 3.00 bits per heavy atom. The molecule has 1 saturated carbocycles. The molecule has 2 N–H and O–H groups in total. The number of hydrogen-bond donors (Lipinski definition) is 2. The van der Waals surface area contributed by atoms with Gasteiger partial charge in [-0.3, -0.25) is 4.99 Å². The van der Waals surface area contributed by atoms with E-state index in [1.54, 1.807) is 6.92 Å². The lowest BCUT2D eigenvalue weighted by Crippen LogP contribution is -2.28. The van der Waals surface area contributed by atoms with Crippen LogP contribution < -0.4 is 5.32 Å². The predicted molar refractivity (Wildman–Crippen MR) is 90.3 cm³/mol. The molecule has 2 aliphatic carbocycles. The highest BCUT2D eigenvalue weighted by Crippen LogP contribution is 2.61. The SMILES string of the molecule is CNC1=CC2CC23N=C(/C=C\C(C)=N)C(C)SC3=C1.Cl. The second-order valence-corrected chi connectivity index (χ2v) is 6.81. The molecule has 0 bridgehead atoms. The fourth-order valence-corrected chi connectivity index (χ4v) is 4.03. The molecule has 0 aromatic carbocycles. The van der Waals surface area contributed by atoms with Crippen LogP contribution in [0.1, 0.15) is 20.3 Å². The highest BCUT2D eigenvalue weighted by atomic mass is 35.5. The van der Waals surface area contributed by atoms with Crippen LogP contribution in [-0.2, 0) is 0 Å². The molecular formula is C15H20ClN3S. The van der Waals surface area contributed by atoms with Crippen LogP contribution in [0.4, 0.5) is 0 Å². The Labute approximate surface area is 130 Å². The molecule has 3 rings (SSSR count). The molecule has 3 aliphatic rings. The lowest BCUT2D eigenvalue weighted by atomic mass is 10.1. The van der Waals surface area contributed by atoms with Crippen molar-refractivity contribution in [2.45, 2.75) is 31.1 Å². The van der Waals surface area contributed by atoms with E-state index >= 15 is 0 Å². The maximum atomic E-state index is 7.49. The Balaban J connectivity index is 0.00000147. The van der Waals surface area contributed by atoms with E-state index in [-0.39, 0.29) is 17.9 Å². The van der Waals surface area contributed by atoms with Crippen molar-refractivity contribution in [2.75, 3.05) is 7.05 Å². The van der Waals surface area contributed by atoms with E-state index in [1.807, 2.05) is 31.0 Å². The number of thioether (sulfide) groups is 1. The molecule has 1 aliphatic heterocycles. The third-order valence-corrected chi connectivity index (χ3v) is 5.24. The van der Waals surface area contributed by atoms with Crippen LogP contribution >= 0.6 is 24.2 Å². The molecule has 3 atom stereocenters. The molecule has 3 nitrogen and oxygen atoms in total. The Hall–Kier alpha value is -1.00. The predicted octanol–water partition coefficient (Wildman–Crippen LogP) is 3.34. The topological polar surface area (TPSA) is 48.2 Å². The number of rotatable bonds is 3. The van der Waals surface area contributed by atoms with Gasteiger partial charge in [0.25, 0.3) is 0 Å². The quantitative estimate of drug-likeness (QED) is 0.786. The second kappa shape index (κ2) is 5.41. The summed E-state index contributed by atoms with van der Waals surface area (Å²) in [4.78, 5) is 6.41. The molecule has 0 aromatic heterocycles. The largest absolute Gasteiger partial charge is 0.388 e. The first kappa shape index (κ1) is 15.4. The number of nitrogens with one attached hydrogen (secondary N) is 2. The van der Waals surface area contributed by atoms with Gasteiger partial charge in [0.15, 0.2) is 0 Å². The molecule has 108 valence electrons. The number of allylic oxidation sites excluding steroid dienone is 3. The van der Waals surface area contributed by atoms with Crippen molar-refractivity contribution in [3.8, 4) is 0 Å². The minimum atomic E-state index is 0. The fourth-order valence-electron chi connectivity index (χ4n) is 2.72. The summed E-state index contributed by atoms with van der Waals surface area (Å²) in [6.07, 6.45) is 9.53. The van der Waals surface area contributed by atoms with Crippen molar-refractivity contribution in [3.63, 3.8) is 0 Å². The van der Waals surface area contributed by atoms with Gasteiger partial charge in [0, 0.05) is 40.2 Å². The van der Waals surface area contributed by atoms with Crippen molar-refractivity contribution in [1.82, 2.24) is 5.32 Å². The molecule has 1 heterocycles. The number of aliphatic imine (C=N–C) groups is 1. The van der Waals surface area contributed by atoms with E-state index < -0.39 is 0 Å². The molecule has 0 aromatic rings. The van der Waals surface area contributed by atoms with Crippen molar-refractivity contribution in [1.29, 1.82) is 5.41 Å². The average Bonchev–Trinajstić information content (AvgIpc) is 3.07. The van der Waals surface area contributed by atoms with Gasteiger partial charge in [0.1, 0.15) is 0 Å². The van der Waals surface area contributed by atoms with Crippen LogP contribution in [0.5, 0.6) is 0 Å². The minimum Gasteiger partial charge on any atom is -0.388 e. The Morgan fingerprint density at radius 1 is 1.60 bits per heavy atom. The van der Waals surface area contributed by atoms with Gasteiger partial charge in [-0.1, -0.05) is 6.08 Å². The summed E-state index contributed by atoms with van der Waals surface area (Å²) in [5.74, 6) is 0.555. The smallest absolute Gasteiger partial charge is 0.0989 e.